The molecule has 1 heteroatoms. The van der Waals surface area contributed by atoms with Crippen molar-refractivity contribution in [3.63, 3.8) is 0 Å². The summed E-state index contributed by atoms with van der Waals surface area (Å²) in [6.07, 6.45) is 0. The van der Waals surface area contributed by atoms with Crippen LogP contribution in [0.1, 0.15) is 58.7 Å². The monoisotopic (exact) mass is 383 g/mol. The Labute approximate surface area is 162 Å². The van der Waals surface area contributed by atoms with Crippen molar-refractivity contribution >= 4 is 11.1 Å². The van der Waals surface area contributed by atoms with Gasteiger partial charge in [0.05, 0.1) is 0 Å². The third-order valence-corrected chi connectivity index (χ3v) is 5.38. The van der Waals surface area contributed by atoms with Crippen molar-refractivity contribution in [3.05, 3.63) is 78.1 Å². The van der Waals surface area contributed by atoms with Gasteiger partial charge in [-0.25, -0.2) is 0 Å². The number of rotatable bonds is 1. The van der Waals surface area contributed by atoms with Gasteiger partial charge in [0.15, 0.2) is 0 Å². The fourth-order valence-corrected chi connectivity index (χ4v) is 3.87. The Hall–Kier alpha value is -0.807. The van der Waals surface area contributed by atoms with Gasteiger partial charge in [-0.05, 0) is 24.0 Å². The van der Waals surface area contributed by atoms with Crippen molar-refractivity contribution in [3.8, 4) is 0 Å². The van der Waals surface area contributed by atoms with Gasteiger partial charge in [-0.15, -0.1) is 22.3 Å². The average molecular weight is 385 g/mol. The van der Waals surface area contributed by atoms with Crippen LogP contribution in [-0.2, 0) is 26.2 Å². The van der Waals surface area contributed by atoms with Crippen LogP contribution in [0.5, 0.6) is 0 Å². The molecule has 0 saturated heterocycles. The van der Waals surface area contributed by atoms with Crippen LogP contribution in [-0.4, -0.2) is 0 Å². The van der Waals surface area contributed by atoms with Gasteiger partial charge in [0.25, 0.3) is 0 Å². The molecule has 1 unspecified atom stereocenters. The zero-order valence-corrected chi connectivity index (χ0v) is 18.3. The molecule has 0 nitrogen and oxygen atoms in total. The molecule has 0 bridgehead atoms. The molecule has 0 N–H and O–H groups in total. The molecule has 1 aliphatic carbocycles. The molecule has 0 fully saturated rings. The van der Waals surface area contributed by atoms with Crippen molar-refractivity contribution in [1.29, 1.82) is 0 Å². The normalized spacial score (nSPS) is 15.5. The van der Waals surface area contributed by atoms with E-state index in [0.29, 0.717) is 5.92 Å². The van der Waals surface area contributed by atoms with Gasteiger partial charge in [-0.1, -0.05) is 64.5 Å². The van der Waals surface area contributed by atoms with Crippen LogP contribution in [0.2, 0.25) is 0 Å². The zero-order chi connectivity index (χ0) is 14.6. The summed E-state index contributed by atoms with van der Waals surface area (Å²) in [7, 11) is 0. The van der Waals surface area contributed by atoms with Crippen LogP contribution in [0.25, 0.3) is 11.1 Å². The van der Waals surface area contributed by atoms with E-state index in [1.807, 2.05) is 0 Å². The summed E-state index contributed by atoms with van der Waals surface area (Å²) in [5, 5.41) is 0. The number of hydrogen-bond donors (Lipinski definition) is 0. The minimum atomic E-state index is 0. The summed E-state index contributed by atoms with van der Waals surface area (Å²) in [6.45, 7) is 13.7. The first kappa shape index (κ1) is 22.2. The summed E-state index contributed by atoms with van der Waals surface area (Å²) >= 11 is 0. The maximum atomic E-state index is 2.35. The topological polar surface area (TPSA) is 0 Å². The Bertz CT molecular complexity index is 703. The molecular formula is C22H29Zr. The Morgan fingerprint density at radius 2 is 1.48 bits per heavy atom. The number of allylic oxidation sites excluding steroid dienone is 2. The van der Waals surface area contributed by atoms with Crippen LogP contribution < -0.4 is 0 Å². The van der Waals surface area contributed by atoms with Gasteiger partial charge >= 0.3 is 26.2 Å². The van der Waals surface area contributed by atoms with Gasteiger partial charge in [-0.3, -0.25) is 0 Å². The van der Waals surface area contributed by atoms with Crippen LogP contribution in [0.15, 0.2) is 24.3 Å². The maximum absolute atomic E-state index is 2.35. The number of hydrogen-bond acceptors (Lipinski definition) is 0. The summed E-state index contributed by atoms with van der Waals surface area (Å²) in [4.78, 5) is 0. The third-order valence-electron chi connectivity index (χ3n) is 5.38. The van der Waals surface area contributed by atoms with E-state index in [2.05, 4.69) is 65.8 Å². The molecule has 0 aromatic heterocycles. The molecule has 0 saturated carbocycles. The van der Waals surface area contributed by atoms with Crippen LogP contribution in [0.3, 0.4) is 0 Å². The molecule has 2 aromatic rings. The van der Waals surface area contributed by atoms with E-state index >= 15 is 0 Å². The van der Waals surface area contributed by atoms with Gasteiger partial charge in [0.1, 0.15) is 0 Å². The summed E-state index contributed by atoms with van der Waals surface area (Å²) in [5.74, 6) is 0.504. The minimum absolute atomic E-state index is 0. The van der Waals surface area contributed by atoms with Crippen molar-refractivity contribution in [2.75, 3.05) is 0 Å². The van der Waals surface area contributed by atoms with E-state index in [0.717, 1.165) is 0 Å². The molecule has 1 radical (unpaired) electrons. The second kappa shape index (κ2) is 7.84. The predicted octanol–water partition coefficient (Wildman–Crippen LogP) is 6.59. The van der Waals surface area contributed by atoms with Crippen LogP contribution >= 0.6 is 0 Å². The number of benzene rings is 1. The van der Waals surface area contributed by atoms with Gasteiger partial charge in [-0.2, -0.15) is 11.1 Å². The second-order valence-corrected chi connectivity index (χ2v) is 6.22. The molecular weight excluding hydrogens is 355 g/mol. The molecule has 121 valence electrons. The first-order valence-corrected chi connectivity index (χ1v) is 7.48. The van der Waals surface area contributed by atoms with Gasteiger partial charge in [0.2, 0.25) is 0 Å². The molecule has 1 atom stereocenters. The van der Waals surface area contributed by atoms with Crippen molar-refractivity contribution in [1.82, 2.24) is 0 Å². The van der Waals surface area contributed by atoms with Gasteiger partial charge < -0.3 is 14.9 Å². The van der Waals surface area contributed by atoms with Crippen molar-refractivity contribution < 1.29 is 26.2 Å². The minimum Gasteiger partial charge on any atom is -0.358 e. The van der Waals surface area contributed by atoms with E-state index in [1.165, 1.54) is 50.1 Å². The van der Waals surface area contributed by atoms with E-state index in [4.69, 9.17) is 0 Å². The number of fused-ring (bicyclic) bond motifs is 1. The van der Waals surface area contributed by atoms with Crippen molar-refractivity contribution in [2.45, 2.75) is 47.5 Å². The summed E-state index contributed by atoms with van der Waals surface area (Å²) < 4.78 is 0. The third kappa shape index (κ3) is 3.10. The molecule has 0 spiro atoms. The average Bonchev–Trinajstić information content (AvgIpc) is 2.80. The standard InChI is InChI=1S/C20H23.2CH3.Zr/c1-11-12(2)14(4)19(13(11)3)20-15(5)17-9-7-8-10-18(17)16(20)6;;;/h7-10,15H,1-6H3;2*1H3;/q3*-1;+3. The SMILES string of the molecule is CC1=C(c2c(C)c(C)c(C)[c-]2C)C(C)c2ccccc21.[CH3-].[CH3-].[Zr+3]. The fraction of sp³-hybridized carbons (Fsp3) is 0.318. The first-order chi connectivity index (χ1) is 9.45. The molecule has 23 heavy (non-hydrogen) atoms. The summed E-state index contributed by atoms with van der Waals surface area (Å²) in [5.41, 5.74) is 13.3. The summed E-state index contributed by atoms with van der Waals surface area (Å²) in [6, 6.07) is 8.86. The molecule has 0 aliphatic heterocycles. The largest absolute Gasteiger partial charge is 3.00 e. The molecule has 0 heterocycles. The molecule has 0 amide bonds. The van der Waals surface area contributed by atoms with Crippen LogP contribution in [0.4, 0.5) is 0 Å². The van der Waals surface area contributed by atoms with E-state index in [9.17, 15) is 0 Å². The second-order valence-electron chi connectivity index (χ2n) is 6.22. The molecule has 1 aliphatic rings. The Morgan fingerprint density at radius 3 is 1.96 bits per heavy atom. The van der Waals surface area contributed by atoms with Crippen molar-refractivity contribution in [2.24, 2.45) is 0 Å². The smallest absolute Gasteiger partial charge is 0.358 e. The first-order valence-electron chi connectivity index (χ1n) is 7.48. The van der Waals surface area contributed by atoms with E-state index < -0.39 is 0 Å². The Balaban J connectivity index is 0.00000161. The molecule has 2 aromatic carbocycles. The quantitative estimate of drug-likeness (QED) is 0.487. The van der Waals surface area contributed by atoms with Gasteiger partial charge in [0, 0.05) is 0 Å². The predicted molar refractivity (Wildman–Crippen MR) is 101 cm³/mol. The fourth-order valence-electron chi connectivity index (χ4n) is 3.87. The van der Waals surface area contributed by atoms with E-state index in [1.54, 1.807) is 0 Å². The van der Waals surface area contributed by atoms with E-state index in [-0.39, 0.29) is 41.1 Å². The zero-order valence-electron chi connectivity index (χ0n) is 15.9. The Morgan fingerprint density at radius 1 is 0.913 bits per heavy atom. The molecule has 3 rings (SSSR count). The maximum Gasteiger partial charge on any atom is 3.00 e. The Kier molecular flexibility index (Phi) is 7.57. The van der Waals surface area contributed by atoms with Crippen LogP contribution in [0, 0.1) is 42.5 Å².